The molecule has 4 rings (SSSR count). The lowest BCUT2D eigenvalue weighted by Gasteiger charge is -2.35. The van der Waals surface area contributed by atoms with Gasteiger partial charge in [-0.2, -0.15) is 0 Å². The van der Waals surface area contributed by atoms with E-state index in [1.807, 2.05) is 60.7 Å². The van der Waals surface area contributed by atoms with Crippen molar-refractivity contribution in [1.82, 2.24) is 0 Å². The van der Waals surface area contributed by atoms with E-state index < -0.39 is 16.8 Å². The molecule has 246 valence electrons. The van der Waals surface area contributed by atoms with Crippen LogP contribution in [0, 0.1) is 0 Å². The second-order valence-corrected chi connectivity index (χ2v) is 18.6. The maximum atomic E-state index is 13.9. The zero-order valence-corrected chi connectivity index (χ0v) is 31.4. The van der Waals surface area contributed by atoms with Gasteiger partial charge in [-0.05, 0) is 62.4 Å². The molecule has 0 spiro atoms. The molecule has 0 aromatic heterocycles. The lowest BCUT2D eigenvalue weighted by Crippen LogP contribution is -2.21. The molecule has 2 atom stereocenters. The van der Waals surface area contributed by atoms with Crippen LogP contribution in [-0.2, 0) is 21.7 Å². The van der Waals surface area contributed by atoms with E-state index in [-0.39, 0.29) is 21.7 Å². The summed E-state index contributed by atoms with van der Waals surface area (Å²) in [7, 11) is -4.20. The van der Waals surface area contributed by atoms with Gasteiger partial charge in [-0.3, -0.25) is 0 Å². The van der Waals surface area contributed by atoms with Crippen LogP contribution in [0.2, 0.25) is 0 Å². The van der Waals surface area contributed by atoms with Crippen LogP contribution < -0.4 is 24.5 Å². The van der Waals surface area contributed by atoms with Gasteiger partial charge < -0.3 is 18.8 Å². The fourth-order valence-electron chi connectivity index (χ4n) is 5.21. The molecule has 0 saturated heterocycles. The fourth-order valence-corrected chi connectivity index (χ4v) is 7.00. The Morgan fingerprint density at radius 2 is 0.870 bits per heavy atom. The molecule has 0 saturated carbocycles. The molecule has 0 radical (unpaired) electrons. The average Bonchev–Trinajstić information content (AvgIpc) is 2.95. The van der Waals surface area contributed by atoms with Crippen molar-refractivity contribution >= 4 is 27.4 Å². The second kappa shape index (κ2) is 13.4. The van der Waals surface area contributed by atoms with Crippen LogP contribution >= 0.6 is 16.8 Å². The predicted octanol–water partition coefficient (Wildman–Crippen LogP) is 9.93. The van der Waals surface area contributed by atoms with E-state index in [9.17, 15) is 9.79 Å². The fraction of sp³-hybridized carbons (Fsp3) is 0.400. The van der Waals surface area contributed by atoms with Gasteiger partial charge in [0.1, 0.15) is 11.5 Å². The minimum absolute atomic E-state index is 0.179. The van der Waals surface area contributed by atoms with E-state index >= 15 is 0 Å². The van der Waals surface area contributed by atoms with Crippen LogP contribution in [-0.4, -0.2) is 4.89 Å². The Morgan fingerprint density at radius 1 is 0.500 bits per heavy atom. The first-order chi connectivity index (χ1) is 21.2. The number of benzene rings is 4. The normalized spacial score (nSPS) is 14.1. The number of hydrogen-bond donors (Lipinski definition) is 1. The molecule has 4 aromatic carbocycles. The standard InChI is InChI=1S/C40H51O4P2/c1-37(2,3)27-23-31(35(33(25-27)39(7,8)9)43-45(41)29-19-15-13-16-20-29)32-24-28(38(4,5)6)26-34(40(10,11)12)36(32)44-46(42)30-21-17-14-18-22-30/h13-26,41H,1-12H3/q-1. The number of rotatable bonds is 7. The van der Waals surface area contributed by atoms with Crippen molar-refractivity contribution in [3.8, 4) is 22.6 Å². The highest BCUT2D eigenvalue weighted by Crippen LogP contribution is 2.53. The Balaban J connectivity index is 2.15. The lowest BCUT2D eigenvalue weighted by atomic mass is 9.75. The van der Waals surface area contributed by atoms with Gasteiger partial charge in [0.25, 0.3) is 8.38 Å². The minimum Gasteiger partial charge on any atom is -0.795 e. The molecule has 0 bridgehead atoms. The summed E-state index contributed by atoms with van der Waals surface area (Å²) >= 11 is 0. The van der Waals surface area contributed by atoms with Crippen molar-refractivity contribution in [2.75, 3.05) is 0 Å². The molecule has 2 unspecified atom stereocenters. The molecule has 0 fully saturated rings. The monoisotopic (exact) mass is 657 g/mol. The van der Waals surface area contributed by atoms with Crippen LogP contribution in [0.4, 0.5) is 0 Å². The topological polar surface area (TPSA) is 61.8 Å². The summed E-state index contributed by atoms with van der Waals surface area (Å²) in [5.41, 5.74) is 4.84. The summed E-state index contributed by atoms with van der Waals surface area (Å²) in [4.78, 5) is 25.5. The summed E-state index contributed by atoms with van der Waals surface area (Å²) in [6.45, 7) is 26.2. The van der Waals surface area contributed by atoms with E-state index in [1.165, 1.54) is 0 Å². The first kappa shape index (κ1) is 36.1. The third-order valence-electron chi connectivity index (χ3n) is 8.11. The Hall–Kier alpha value is -2.74. The van der Waals surface area contributed by atoms with Crippen molar-refractivity contribution in [2.45, 2.75) is 105 Å². The molecular weight excluding hydrogens is 606 g/mol. The van der Waals surface area contributed by atoms with E-state index in [4.69, 9.17) is 9.05 Å². The number of hydrogen-bond acceptors (Lipinski definition) is 4. The van der Waals surface area contributed by atoms with Crippen molar-refractivity contribution in [2.24, 2.45) is 0 Å². The van der Waals surface area contributed by atoms with E-state index in [1.54, 1.807) is 0 Å². The maximum Gasteiger partial charge on any atom is 0.262 e. The van der Waals surface area contributed by atoms with Crippen LogP contribution in [0.25, 0.3) is 11.1 Å². The summed E-state index contributed by atoms with van der Waals surface area (Å²) in [5, 5.41) is 1.35. The Labute approximate surface area is 280 Å². The van der Waals surface area contributed by atoms with Crippen LogP contribution in [0.5, 0.6) is 11.5 Å². The van der Waals surface area contributed by atoms with Crippen LogP contribution in [0.15, 0.2) is 84.9 Å². The molecule has 0 amide bonds. The van der Waals surface area contributed by atoms with Gasteiger partial charge in [0.15, 0.2) is 0 Å². The van der Waals surface area contributed by atoms with E-state index in [0.717, 1.165) is 38.7 Å². The molecule has 6 heteroatoms. The van der Waals surface area contributed by atoms with Crippen LogP contribution in [0.3, 0.4) is 0 Å². The third kappa shape index (κ3) is 8.39. The molecule has 1 N–H and O–H groups in total. The van der Waals surface area contributed by atoms with Gasteiger partial charge in [-0.25, -0.2) is 0 Å². The van der Waals surface area contributed by atoms with Gasteiger partial charge in [0.05, 0.1) is 0 Å². The van der Waals surface area contributed by atoms with E-state index in [0.29, 0.717) is 16.8 Å². The highest BCUT2D eigenvalue weighted by Gasteiger charge is 2.33. The first-order valence-electron chi connectivity index (χ1n) is 16.0. The largest absolute Gasteiger partial charge is 0.795 e. The van der Waals surface area contributed by atoms with Gasteiger partial charge >= 0.3 is 0 Å². The average molecular weight is 658 g/mol. The molecule has 4 nitrogen and oxygen atoms in total. The Morgan fingerprint density at radius 3 is 1.24 bits per heavy atom. The van der Waals surface area contributed by atoms with Gasteiger partial charge in [-0.15, -0.1) is 0 Å². The predicted molar refractivity (Wildman–Crippen MR) is 196 cm³/mol. The van der Waals surface area contributed by atoms with Crippen molar-refractivity contribution in [3.63, 3.8) is 0 Å². The van der Waals surface area contributed by atoms with Crippen molar-refractivity contribution < 1.29 is 18.8 Å². The molecule has 0 aliphatic carbocycles. The maximum absolute atomic E-state index is 13.9. The molecule has 0 aliphatic rings. The van der Waals surface area contributed by atoms with Crippen molar-refractivity contribution in [1.29, 1.82) is 0 Å². The second-order valence-electron chi connectivity index (χ2n) is 16.2. The molecule has 4 aromatic rings. The third-order valence-corrected chi connectivity index (χ3v) is 10.3. The van der Waals surface area contributed by atoms with Crippen LogP contribution in [0.1, 0.15) is 105 Å². The summed E-state index contributed by atoms with van der Waals surface area (Å²) < 4.78 is 13.3. The zero-order valence-electron chi connectivity index (χ0n) is 29.6. The first-order valence-corrected chi connectivity index (χ1v) is 18.4. The molecule has 0 aliphatic heterocycles. The Kier molecular flexibility index (Phi) is 10.5. The van der Waals surface area contributed by atoms with E-state index in [2.05, 4.69) is 107 Å². The van der Waals surface area contributed by atoms with Gasteiger partial charge in [0.2, 0.25) is 0 Å². The summed E-state index contributed by atoms with van der Waals surface area (Å²) in [5.74, 6) is 1.19. The molecule has 46 heavy (non-hydrogen) atoms. The Bertz CT molecular complexity index is 1510. The van der Waals surface area contributed by atoms with Gasteiger partial charge in [0, 0.05) is 35.9 Å². The molecular formula is C40H51O4P2-. The molecule has 0 heterocycles. The quantitative estimate of drug-likeness (QED) is 0.201. The zero-order chi connectivity index (χ0) is 34.2. The smallest absolute Gasteiger partial charge is 0.262 e. The van der Waals surface area contributed by atoms with Crippen molar-refractivity contribution in [3.05, 3.63) is 107 Å². The summed E-state index contributed by atoms with van der Waals surface area (Å²) in [6, 6.07) is 27.6. The highest BCUT2D eigenvalue weighted by molar-refractivity contribution is 7.55. The van der Waals surface area contributed by atoms with Gasteiger partial charge in [-0.1, -0.05) is 144 Å². The lowest BCUT2D eigenvalue weighted by molar-refractivity contribution is -0.169. The SMILES string of the molecule is CC(C)(C)c1cc(-c2cc(C(C)(C)C)cc(C(C)(C)C)c2OP(O)c2ccccc2)c(OP([O-])c2ccccc2)c(C(C)(C)C)c1. The summed E-state index contributed by atoms with van der Waals surface area (Å²) in [6.07, 6.45) is 0. The minimum atomic E-state index is -2.22. The highest BCUT2D eigenvalue weighted by atomic mass is 31.2.